The number of esters is 1. The smallest absolute Gasteiger partial charge is 0.371 e. The molecule has 9 heteroatoms. The van der Waals surface area contributed by atoms with Crippen LogP contribution < -0.4 is 10.6 Å². The minimum absolute atomic E-state index is 0.0285. The Hall–Kier alpha value is -2.94. The second-order valence-corrected chi connectivity index (χ2v) is 8.57. The maximum Gasteiger partial charge on any atom is 0.412 e. The molecule has 1 aromatic heterocycles. The molecule has 1 aromatic carbocycles. The molecule has 2 N–H and O–H groups in total. The average Bonchev–Trinajstić information content (AvgIpc) is 3.53. The molecule has 4 aliphatic rings. The molecular formula is C21H25N5O4. The Morgan fingerprint density at radius 2 is 1.90 bits per heavy atom. The third-order valence-electron chi connectivity index (χ3n) is 6.62. The molecular weight excluding hydrogens is 386 g/mol. The summed E-state index contributed by atoms with van der Waals surface area (Å²) in [5.74, 6) is -0.0578. The van der Waals surface area contributed by atoms with E-state index in [0.717, 1.165) is 51.0 Å². The van der Waals surface area contributed by atoms with Gasteiger partial charge in [0, 0.05) is 30.6 Å². The van der Waals surface area contributed by atoms with E-state index in [-0.39, 0.29) is 23.6 Å². The van der Waals surface area contributed by atoms with Gasteiger partial charge in [0.1, 0.15) is 0 Å². The fraction of sp³-hybridized carbons (Fsp3) is 0.524. The first-order valence-electron chi connectivity index (χ1n) is 10.5. The predicted octanol–water partition coefficient (Wildman–Crippen LogP) is 1.65. The number of ether oxygens (including phenoxy) is 1. The molecule has 2 aromatic rings. The Balaban J connectivity index is 1.54. The second kappa shape index (κ2) is 7.09. The highest BCUT2D eigenvalue weighted by Crippen LogP contribution is 2.39. The van der Waals surface area contributed by atoms with Crippen molar-refractivity contribution >= 4 is 34.6 Å². The fourth-order valence-corrected chi connectivity index (χ4v) is 4.92. The Morgan fingerprint density at radius 3 is 2.50 bits per heavy atom. The predicted molar refractivity (Wildman–Crippen MR) is 109 cm³/mol. The number of carbonyl (C=O) groups excluding carboxylic acids is 3. The fourth-order valence-electron chi connectivity index (χ4n) is 4.92. The first-order valence-corrected chi connectivity index (χ1v) is 10.5. The lowest BCUT2D eigenvalue weighted by atomic mass is 9.82. The van der Waals surface area contributed by atoms with Crippen molar-refractivity contribution in [1.29, 1.82) is 0 Å². The van der Waals surface area contributed by atoms with Crippen LogP contribution in [0.25, 0.3) is 10.9 Å². The summed E-state index contributed by atoms with van der Waals surface area (Å²) in [5.41, 5.74) is 6.51. The highest BCUT2D eigenvalue weighted by atomic mass is 16.6. The van der Waals surface area contributed by atoms with Crippen molar-refractivity contribution in [3.05, 3.63) is 23.9 Å². The van der Waals surface area contributed by atoms with E-state index >= 15 is 0 Å². The molecule has 4 fully saturated rings. The zero-order chi connectivity index (χ0) is 21.0. The Labute approximate surface area is 173 Å². The van der Waals surface area contributed by atoms with E-state index in [1.54, 1.807) is 17.8 Å². The maximum absolute atomic E-state index is 13.3. The molecule has 30 heavy (non-hydrogen) atoms. The number of piperidine rings is 3. The molecule has 6 rings (SSSR count). The van der Waals surface area contributed by atoms with Gasteiger partial charge in [-0.15, -0.1) is 0 Å². The molecule has 3 saturated heterocycles. The van der Waals surface area contributed by atoms with E-state index < -0.39 is 12.1 Å². The number of benzene rings is 1. The van der Waals surface area contributed by atoms with Gasteiger partial charge in [0.2, 0.25) is 5.91 Å². The van der Waals surface area contributed by atoms with Crippen molar-refractivity contribution < 1.29 is 19.1 Å². The summed E-state index contributed by atoms with van der Waals surface area (Å²) in [6.07, 6.45) is 2.98. The van der Waals surface area contributed by atoms with Gasteiger partial charge in [-0.2, -0.15) is 5.10 Å². The summed E-state index contributed by atoms with van der Waals surface area (Å²) < 4.78 is 6.06. The number of fused-ring (bicyclic) bond motifs is 4. The minimum atomic E-state index is -1.17. The summed E-state index contributed by atoms with van der Waals surface area (Å²) in [4.78, 5) is 40.9. The molecule has 158 valence electrons. The van der Waals surface area contributed by atoms with Crippen molar-refractivity contribution in [3.8, 4) is 0 Å². The highest BCUT2D eigenvalue weighted by Gasteiger charge is 2.43. The van der Waals surface area contributed by atoms with E-state index in [2.05, 4.69) is 14.7 Å². The van der Waals surface area contributed by atoms with E-state index in [1.165, 1.54) is 0 Å². The molecule has 2 amide bonds. The number of aromatic nitrogens is 2. The van der Waals surface area contributed by atoms with E-state index in [4.69, 9.17) is 5.73 Å². The molecule has 1 saturated carbocycles. The van der Waals surface area contributed by atoms with Crippen molar-refractivity contribution in [3.63, 3.8) is 0 Å². The molecule has 1 aliphatic carbocycles. The topological polar surface area (TPSA) is 111 Å². The van der Waals surface area contributed by atoms with Crippen molar-refractivity contribution in [2.75, 3.05) is 24.5 Å². The third kappa shape index (κ3) is 3.23. The zero-order valence-corrected chi connectivity index (χ0v) is 16.9. The molecule has 0 spiro atoms. The number of hydrogen-bond donors (Lipinski definition) is 1. The van der Waals surface area contributed by atoms with E-state index in [9.17, 15) is 14.4 Å². The van der Waals surface area contributed by atoms with Crippen LogP contribution in [0.4, 0.5) is 10.5 Å². The second-order valence-electron chi connectivity index (χ2n) is 8.57. The monoisotopic (exact) mass is 411 g/mol. The summed E-state index contributed by atoms with van der Waals surface area (Å²) in [6, 6.07) is 5.71. The van der Waals surface area contributed by atoms with Gasteiger partial charge in [-0.1, -0.05) is 0 Å². The van der Waals surface area contributed by atoms with Gasteiger partial charge in [0.15, 0.2) is 5.69 Å². The molecule has 9 nitrogen and oxygen atoms in total. The lowest BCUT2D eigenvalue weighted by Crippen LogP contribution is -2.59. The Morgan fingerprint density at radius 1 is 1.17 bits per heavy atom. The van der Waals surface area contributed by atoms with Gasteiger partial charge in [0.25, 0.3) is 0 Å². The largest absolute Gasteiger partial charge is 0.412 e. The number of rotatable bonds is 4. The first kappa shape index (κ1) is 19.0. The van der Waals surface area contributed by atoms with Gasteiger partial charge >= 0.3 is 12.1 Å². The average molecular weight is 411 g/mol. The Bertz CT molecular complexity index is 1040. The number of nitrogens with two attached hydrogens (primary N) is 1. The van der Waals surface area contributed by atoms with Crippen LogP contribution in [0.1, 0.15) is 36.2 Å². The normalized spacial score (nSPS) is 25.3. The molecule has 2 bridgehead atoms. The number of nitrogens with zero attached hydrogens (tertiary/aromatic N) is 4. The number of carbonyl (C=O) groups is 3. The standard InChI is InChI=1S/C21H25N5O4/c1-24-16-10-14(4-5-15(16)18(23-24)20(28)30-21(22)29)26(19(27)13-2-3-13)17-11-25-8-6-12(17)7-9-25/h4-5,10,12-13,17H,2-3,6-9,11H2,1H3,(H2,22,29)/t17-/m1/s1. The number of aryl methyl sites for hydroxylation is 1. The van der Waals surface area contributed by atoms with Crippen LogP contribution in [-0.4, -0.2) is 58.3 Å². The van der Waals surface area contributed by atoms with Gasteiger partial charge in [-0.05, 0) is 62.9 Å². The maximum atomic E-state index is 13.3. The van der Waals surface area contributed by atoms with E-state index in [0.29, 0.717) is 16.8 Å². The molecule has 0 unspecified atom stereocenters. The molecule has 3 aliphatic heterocycles. The lowest BCUT2D eigenvalue weighted by molar-refractivity contribution is -0.121. The molecule has 4 heterocycles. The Kier molecular flexibility index (Phi) is 4.50. The summed E-state index contributed by atoms with van der Waals surface area (Å²) in [5, 5.41) is 4.76. The van der Waals surface area contributed by atoms with Crippen LogP contribution in [-0.2, 0) is 16.6 Å². The van der Waals surface area contributed by atoms with Crippen molar-refractivity contribution in [2.24, 2.45) is 24.6 Å². The summed E-state index contributed by atoms with van der Waals surface area (Å²) in [7, 11) is 1.72. The van der Waals surface area contributed by atoms with Crippen molar-refractivity contribution in [1.82, 2.24) is 14.7 Å². The third-order valence-corrected chi connectivity index (χ3v) is 6.62. The molecule has 1 atom stereocenters. The zero-order valence-electron chi connectivity index (χ0n) is 16.9. The van der Waals surface area contributed by atoms with Crippen LogP contribution in [0, 0.1) is 11.8 Å². The van der Waals surface area contributed by atoms with Gasteiger partial charge in [-0.25, -0.2) is 9.59 Å². The lowest BCUT2D eigenvalue weighted by Gasteiger charge is -2.49. The number of primary amides is 1. The first-order chi connectivity index (χ1) is 14.4. The van der Waals surface area contributed by atoms with Crippen LogP contribution in [0.2, 0.25) is 0 Å². The van der Waals surface area contributed by atoms with Gasteiger partial charge < -0.3 is 20.3 Å². The van der Waals surface area contributed by atoms with Gasteiger partial charge in [-0.3, -0.25) is 9.48 Å². The molecule has 0 radical (unpaired) electrons. The van der Waals surface area contributed by atoms with Crippen LogP contribution in [0.15, 0.2) is 18.2 Å². The van der Waals surface area contributed by atoms with Crippen LogP contribution in [0.3, 0.4) is 0 Å². The summed E-state index contributed by atoms with van der Waals surface area (Å²) in [6.45, 7) is 3.13. The number of anilines is 1. The number of amides is 2. The van der Waals surface area contributed by atoms with Crippen molar-refractivity contribution in [2.45, 2.75) is 31.7 Å². The van der Waals surface area contributed by atoms with Crippen LogP contribution >= 0.6 is 0 Å². The van der Waals surface area contributed by atoms with E-state index in [1.807, 2.05) is 17.0 Å². The highest BCUT2D eigenvalue weighted by molar-refractivity contribution is 6.06. The number of hydrogen-bond acceptors (Lipinski definition) is 6. The quantitative estimate of drug-likeness (QED) is 0.605. The summed E-state index contributed by atoms with van der Waals surface area (Å²) >= 11 is 0. The van der Waals surface area contributed by atoms with Gasteiger partial charge in [0.05, 0.1) is 11.6 Å². The SMILES string of the molecule is Cn1nc(C(=O)OC(N)=O)c2ccc(N(C(=O)C3CC3)[C@@H]3CN4CCC3CC4)cc21. The van der Waals surface area contributed by atoms with Crippen LogP contribution in [0.5, 0.6) is 0 Å². The minimum Gasteiger partial charge on any atom is -0.371 e.